The Morgan fingerprint density at radius 1 is 1.47 bits per heavy atom. The molecule has 0 aliphatic heterocycles. The predicted octanol–water partition coefficient (Wildman–Crippen LogP) is 1.12. The zero-order chi connectivity index (χ0) is 11.1. The fraction of sp³-hybridized carbons (Fsp3) is 0.250. The minimum absolute atomic E-state index is 0.0378. The van der Waals surface area contributed by atoms with Crippen molar-refractivity contribution in [3.05, 3.63) is 41.5 Å². The summed E-state index contributed by atoms with van der Waals surface area (Å²) in [5.74, 6) is -0.188. The molecule has 1 aromatic rings. The van der Waals surface area contributed by atoms with Crippen molar-refractivity contribution in [2.75, 3.05) is 13.2 Å². The van der Waals surface area contributed by atoms with E-state index in [9.17, 15) is 4.79 Å². The summed E-state index contributed by atoms with van der Waals surface area (Å²) in [6.45, 7) is 2.24. The SMILES string of the molecule is Cc1ccccc1C=CC(=O)NCCO. The second-order valence-corrected chi connectivity index (χ2v) is 3.20. The van der Waals surface area contributed by atoms with Crippen LogP contribution in [0.25, 0.3) is 6.08 Å². The first kappa shape index (κ1) is 11.5. The van der Waals surface area contributed by atoms with Crippen molar-refractivity contribution in [1.29, 1.82) is 0 Å². The minimum Gasteiger partial charge on any atom is -0.395 e. The van der Waals surface area contributed by atoms with Crippen molar-refractivity contribution in [1.82, 2.24) is 5.32 Å². The Bertz CT molecular complexity index is 358. The summed E-state index contributed by atoms with van der Waals surface area (Å²) in [5.41, 5.74) is 2.15. The molecule has 0 atom stereocenters. The van der Waals surface area contributed by atoms with E-state index >= 15 is 0 Å². The Morgan fingerprint density at radius 2 is 2.20 bits per heavy atom. The maximum atomic E-state index is 11.2. The van der Waals surface area contributed by atoms with Gasteiger partial charge in [-0.05, 0) is 24.1 Å². The number of hydrogen-bond acceptors (Lipinski definition) is 2. The number of carbonyl (C=O) groups excluding carboxylic acids is 1. The van der Waals surface area contributed by atoms with Crippen molar-refractivity contribution in [3.8, 4) is 0 Å². The highest BCUT2D eigenvalue weighted by molar-refractivity contribution is 5.91. The van der Waals surface area contributed by atoms with Crippen molar-refractivity contribution in [2.45, 2.75) is 6.92 Å². The molecule has 2 N–H and O–H groups in total. The van der Waals surface area contributed by atoms with E-state index in [4.69, 9.17) is 5.11 Å². The van der Waals surface area contributed by atoms with Gasteiger partial charge >= 0.3 is 0 Å². The molecule has 3 nitrogen and oxygen atoms in total. The fourth-order valence-corrected chi connectivity index (χ4v) is 1.18. The van der Waals surface area contributed by atoms with Crippen LogP contribution < -0.4 is 5.32 Å². The Hall–Kier alpha value is -1.61. The Kier molecular flexibility index (Phi) is 4.57. The number of benzene rings is 1. The smallest absolute Gasteiger partial charge is 0.244 e. The van der Waals surface area contributed by atoms with Gasteiger partial charge in [0.15, 0.2) is 0 Å². The summed E-state index contributed by atoms with van der Waals surface area (Å²) in [5, 5.41) is 11.1. The number of carbonyl (C=O) groups is 1. The van der Waals surface area contributed by atoms with E-state index in [0.717, 1.165) is 11.1 Å². The van der Waals surface area contributed by atoms with E-state index in [1.165, 1.54) is 6.08 Å². The van der Waals surface area contributed by atoms with Crippen molar-refractivity contribution < 1.29 is 9.90 Å². The minimum atomic E-state index is -0.188. The Balaban J connectivity index is 2.58. The molecular weight excluding hydrogens is 190 g/mol. The molecular formula is C12H15NO2. The molecule has 0 saturated heterocycles. The van der Waals surface area contributed by atoms with Gasteiger partial charge in [0.05, 0.1) is 6.61 Å². The largest absolute Gasteiger partial charge is 0.395 e. The van der Waals surface area contributed by atoms with Crippen LogP contribution in [0.3, 0.4) is 0 Å². The second kappa shape index (κ2) is 5.98. The molecule has 0 spiro atoms. The van der Waals surface area contributed by atoms with Crippen LogP contribution in [0.5, 0.6) is 0 Å². The van der Waals surface area contributed by atoms with Gasteiger partial charge in [-0.15, -0.1) is 0 Å². The average molecular weight is 205 g/mol. The van der Waals surface area contributed by atoms with Gasteiger partial charge in [-0.3, -0.25) is 4.79 Å². The first-order chi connectivity index (χ1) is 7.24. The van der Waals surface area contributed by atoms with Gasteiger partial charge in [0.2, 0.25) is 5.91 Å². The van der Waals surface area contributed by atoms with E-state index in [-0.39, 0.29) is 19.1 Å². The Labute approximate surface area is 89.4 Å². The third-order valence-corrected chi connectivity index (χ3v) is 2.01. The molecule has 3 heteroatoms. The molecule has 1 aromatic carbocycles. The highest BCUT2D eigenvalue weighted by atomic mass is 16.3. The zero-order valence-corrected chi connectivity index (χ0v) is 8.73. The highest BCUT2D eigenvalue weighted by Gasteiger charge is 1.94. The maximum absolute atomic E-state index is 11.2. The van der Waals surface area contributed by atoms with Crippen LogP contribution in [0.1, 0.15) is 11.1 Å². The lowest BCUT2D eigenvalue weighted by atomic mass is 10.1. The fourth-order valence-electron chi connectivity index (χ4n) is 1.18. The number of aliphatic hydroxyl groups excluding tert-OH is 1. The predicted molar refractivity (Wildman–Crippen MR) is 60.3 cm³/mol. The molecule has 0 aromatic heterocycles. The van der Waals surface area contributed by atoms with E-state index < -0.39 is 0 Å². The number of aryl methyl sites for hydroxylation is 1. The monoisotopic (exact) mass is 205 g/mol. The summed E-state index contributed by atoms with van der Waals surface area (Å²) >= 11 is 0. The number of aliphatic hydroxyl groups is 1. The van der Waals surface area contributed by atoms with Gasteiger partial charge in [0.1, 0.15) is 0 Å². The van der Waals surface area contributed by atoms with Gasteiger partial charge in [-0.1, -0.05) is 24.3 Å². The van der Waals surface area contributed by atoms with Crippen molar-refractivity contribution >= 4 is 12.0 Å². The lowest BCUT2D eigenvalue weighted by Crippen LogP contribution is -2.24. The highest BCUT2D eigenvalue weighted by Crippen LogP contribution is 2.08. The summed E-state index contributed by atoms with van der Waals surface area (Å²) in [6.07, 6.45) is 3.24. The summed E-state index contributed by atoms with van der Waals surface area (Å²) < 4.78 is 0. The standard InChI is InChI=1S/C12H15NO2/c1-10-4-2-3-5-11(10)6-7-12(15)13-8-9-14/h2-7,14H,8-9H2,1H3,(H,13,15). The molecule has 80 valence electrons. The van der Waals surface area contributed by atoms with Crippen LogP contribution in [0.4, 0.5) is 0 Å². The van der Waals surface area contributed by atoms with Crippen LogP contribution in [-0.4, -0.2) is 24.2 Å². The third-order valence-electron chi connectivity index (χ3n) is 2.01. The van der Waals surface area contributed by atoms with Crippen molar-refractivity contribution in [2.24, 2.45) is 0 Å². The van der Waals surface area contributed by atoms with Crippen LogP contribution in [0, 0.1) is 6.92 Å². The van der Waals surface area contributed by atoms with Crippen molar-refractivity contribution in [3.63, 3.8) is 0 Å². The van der Waals surface area contributed by atoms with Gasteiger partial charge in [-0.2, -0.15) is 0 Å². The van der Waals surface area contributed by atoms with E-state index in [2.05, 4.69) is 5.32 Å². The molecule has 0 radical (unpaired) electrons. The summed E-state index contributed by atoms with van der Waals surface area (Å²) in [4.78, 5) is 11.2. The van der Waals surface area contributed by atoms with Crippen LogP contribution in [0.2, 0.25) is 0 Å². The first-order valence-corrected chi connectivity index (χ1v) is 4.86. The van der Waals surface area contributed by atoms with E-state index in [1.807, 2.05) is 31.2 Å². The first-order valence-electron chi connectivity index (χ1n) is 4.86. The van der Waals surface area contributed by atoms with Gasteiger partial charge in [0, 0.05) is 12.6 Å². The van der Waals surface area contributed by atoms with Crippen LogP contribution in [0.15, 0.2) is 30.3 Å². The topological polar surface area (TPSA) is 49.3 Å². The lowest BCUT2D eigenvalue weighted by Gasteiger charge is -1.99. The van der Waals surface area contributed by atoms with Gasteiger partial charge < -0.3 is 10.4 Å². The zero-order valence-electron chi connectivity index (χ0n) is 8.73. The molecule has 1 rings (SSSR count). The second-order valence-electron chi connectivity index (χ2n) is 3.20. The molecule has 0 unspecified atom stereocenters. The van der Waals surface area contributed by atoms with E-state index in [0.29, 0.717) is 0 Å². The quantitative estimate of drug-likeness (QED) is 0.724. The normalized spacial score (nSPS) is 10.5. The molecule has 0 saturated carbocycles. The number of hydrogen-bond donors (Lipinski definition) is 2. The molecule has 0 heterocycles. The van der Waals surface area contributed by atoms with Crippen LogP contribution >= 0.6 is 0 Å². The molecule has 0 aliphatic carbocycles. The van der Waals surface area contributed by atoms with Gasteiger partial charge in [-0.25, -0.2) is 0 Å². The number of amides is 1. The van der Waals surface area contributed by atoms with Gasteiger partial charge in [0.25, 0.3) is 0 Å². The number of nitrogens with one attached hydrogen (secondary N) is 1. The average Bonchev–Trinajstić information content (AvgIpc) is 2.25. The number of rotatable bonds is 4. The molecule has 0 aliphatic rings. The molecule has 1 amide bonds. The summed E-state index contributed by atoms with van der Waals surface area (Å²) in [7, 11) is 0. The van der Waals surface area contributed by atoms with Crippen LogP contribution in [-0.2, 0) is 4.79 Å². The third kappa shape index (κ3) is 3.95. The molecule has 0 bridgehead atoms. The summed E-state index contributed by atoms with van der Waals surface area (Å²) in [6, 6.07) is 7.83. The maximum Gasteiger partial charge on any atom is 0.244 e. The molecule has 15 heavy (non-hydrogen) atoms. The van der Waals surface area contributed by atoms with E-state index in [1.54, 1.807) is 6.08 Å². The Morgan fingerprint density at radius 3 is 2.87 bits per heavy atom. The lowest BCUT2D eigenvalue weighted by molar-refractivity contribution is -0.116. The molecule has 0 fully saturated rings.